The minimum Gasteiger partial charge on any atom is -0.394 e. The molecule has 1 saturated heterocycles. The van der Waals surface area contributed by atoms with Gasteiger partial charge in [-0.3, -0.25) is 4.79 Å². The van der Waals surface area contributed by atoms with Gasteiger partial charge in [0.05, 0.1) is 25.4 Å². The zero-order chi connectivity index (χ0) is 60.3. The molecule has 11 heteroatoms. The molecule has 0 aromatic rings. The van der Waals surface area contributed by atoms with Crippen LogP contribution in [0.5, 0.6) is 0 Å². The summed E-state index contributed by atoms with van der Waals surface area (Å²) in [6, 6.07) is -1.16. The van der Waals surface area contributed by atoms with Gasteiger partial charge in [-0.15, -0.1) is 0 Å². The smallest absolute Gasteiger partial charge is 0.249 e. The van der Waals surface area contributed by atoms with Crippen LogP contribution in [-0.4, -0.2) is 110 Å². The highest BCUT2D eigenvalue weighted by molar-refractivity contribution is 5.80. The van der Waals surface area contributed by atoms with Crippen LogP contribution in [-0.2, 0) is 14.3 Å². The van der Waals surface area contributed by atoms with Crippen molar-refractivity contribution in [1.29, 1.82) is 0 Å². The van der Waals surface area contributed by atoms with Crippen LogP contribution in [0.2, 0.25) is 0 Å². The maximum Gasteiger partial charge on any atom is 0.249 e. The number of rotatable bonds is 66. The molecular weight excluding hydrogens is 1040 g/mol. The Morgan fingerprint density at radius 3 is 0.892 bits per heavy atom. The highest BCUT2D eigenvalue weighted by Gasteiger charge is 2.44. The summed E-state index contributed by atoms with van der Waals surface area (Å²) in [6.45, 7) is 3.54. The lowest BCUT2D eigenvalue weighted by atomic mass is 9.98. The van der Waals surface area contributed by atoms with Gasteiger partial charge in [0.2, 0.25) is 5.91 Å². The van der Waals surface area contributed by atoms with E-state index in [1.54, 1.807) is 0 Å². The lowest BCUT2D eigenvalue weighted by molar-refractivity contribution is -0.303. The number of carbonyl (C=O) groups excluding carboxylic acids is 1. The summed E-state index contributed by atoms with van der Waals surface area (Å²) in [6.07, 6.45) is 63.4. The fourth-order valence-electron chi connectivity index (χ4n) is 12.5. The van der Waals surface area contributed by atoms with E-state index in [4.69, 9.17) is 9.47 Å². The Bertz CT molecular complexity index is 1310. The van der Waals surface area contributed by atoms with Crippen molar-refractivity contribution in [3.8, 4) is 0 Å². The molecule has 0 saturated carbocycles. The second-order valence-electron chi connectivity index (χ2n) is 26.4. The fourth-order valence-corrected chi connectivity index (χ4v) is 12.5. The van der Waals surface area contributed by atoms with E-state index in [-0.39, 0.29) is 6.42 Å². The van der Waals surface area contributed by atoms with E-state index in [0.29, 0.717) is 19.3 Å². The molecule has 0 radical (unpaired) electrons. The van der Waals surface area contributed by atoms with E-state index in [2.05, 4.69) is 19.2 Å². The second-order valence-corrected chi connectivity index (χ2v) is 26.4. The van der Waals surface area contributed by atoms with Crippen molar-refractivity contribution in [1.82, 2.24) is 5.32 Å². The average molecular weight is 1180 g/mol. The average Bonchev–Trinajstić information content (AvgIpc) is 3.68. The molecule has 11 nitrogen and oxygen atoms in total. The molecule has 9 atom stereocenters. The first kappa shape index (κ1) is 80.1. The van der Waals surface area contributed by atoms with E-state index in [1.165, 1.54) is 308 Å². The Labute approximate surface area is 513 Å². The zero-order valence-corrected chi connectivity index (χ0v) is 55.0. The van der Waals surface area contributed by atoms with Crippen LogP contribution in [0.25, 0.3) is 0 Å². The van der Waals surface area contributed by atoms with Crippen molar-refractivity contribution in [2.45, 2.75) is 441 Å². The molecule has 0 bridgehead atoms. The minimum absolute atomic E-state index is 0.268. The molecule has 1 aliphatic heterocycles. The third-order valence-electron chi connectivity index (χ3n) is 18.4. The molecule has 83 heavy (non-hydrogen) atoms. The van der Waals surface area contributed by atoms with Crippen molar-refractivity contribution in [3.63, 3.8) is 0 Å². The number of amides is 1. The highest BCUT2D eigenvalue weighted by atomic mass is 16.7. The quantitative estimate of drug-likeness (QED) is 0.0272. The molecular formula is C72H143NO10. The highest BCUT2D eigenvalue weighted by Crippen LogP contribution is 2.24. The summed E-state index contributed by atoms with van der Waals surface area (Å²) in [4.78, 5) is 13.3. The van der Waals surface area contributed by atoms with Crippen molar-refractivity contribution in [2.75, 3.05) is 13.2 Å². The van der Waals surface area contributed by atoms with Crippen molar-refractivity contribution in [2.24, 2.45) is 0 Å². The number of carbonyl (C=O) groups is 1. The van der Waals surface area contributed by atoms with Gasteiger partial charge in [-0.05, 0) is 12.8 Å². The minimum atomic E-state index is -1.66. The van der Waals surface area contributed by atoms with Gasteiger partial charge in [0.1, 0.15) is 36.6 Å². The van der Waals surface area contributed by atoms with Crippen molar-refractivity contribution >= 4 is 5.91 Å². The third-order valence-corrected chi connectivity index (χ3v) is 18.4. The summed E-state index contributed by atoms with van der Waals surface area (Å²) in [5.41, 5.74) is 0. The lowest BCUT2D eigenvalue weighted by Crippen LogP contribution is -2.60. The Balaban J connectivity index is 2.16. The van der Waals surface area contributed by atoms with Gasteiger partial charge in [-0.25, -0.2) is 0 Å². The SMILES string of the molecule is CCCCCCCCCCCCCCCCCCCCCCCCCCCCCCCCC(O)C(=O)NC(COC1OC(CO)C(O)C(O)C1O)C(O)C(O)CCCCCCCCCCCCCCCCCCCCCCCCCCCC. The molecule has 9 unspecified atom stereocenters. The van der Waals surface area contributed by atoms with E-state index in [9.17, 15) is 40.5 Å². The largest absolute Gasteiger partial charge is 0.394 e. The molecule has 0 aromatic heterocycles. The van der Waals surface area contributed by atoms with Gasteiger partial charge < -0.3 is 50.5 Å². The van der Waals surface area contributed by atoms with Crippen LogP contribution < -0.4 is 5.32 Å². The van der Waals surface area contributed by atoms with Crippen LogP contribution in [0.1, 0.15) is 386 Å². The van der Waals surface area contributed by atoms with Crippen molar-refractivity contribution in [3.05, 3.63) is 0 Å². The molecule has 1 fully saturated rings. The maximum absolute atomic E-state index is 13.3. The number of nitrogens with one attached hydrogen (secondary N) is 1. The van der Waals surface area contributed by atoms with E-state index >= 15 is 0 Å². The lowest BCUT2D eigenvalue weighted by Gasteiger charge is -2.40. The van der Waals surface area contributed by atoms with Crippen LogP contribution in [0.15, 0.2) is 0 Å². The Morgan fingerprint density at radius 1 is 0.373 bits per heavy atom. The number of unbranched alkanes of at least 4 members (excludes halogenated alkanes) is 54. The number of aliphatic hydroxyl groups is 7. The molecule has 1 amide bonds. The molecule has 0 spiro atoms. The Morgan fingerprint density at radius 2 is 0.627 bits per heavy atom. The summed E-state index contributed by atoms with van der Waals surface area (Å²) < 4.78 is 11.2. The molecule has 1 rings (SSSR count). The van der Waals surface area contributed by atoms with Gasteiger partial charge in [0.25, 0.3) is 0 Å². The van der Waals surface area contributed by atoms with E-state index in [1.807, 2.05) is 0 Å². The predicted octanol–water partition coefficient (Wildman–Crippen LogP) is 18.0. The van der Waals surface area contributed by atoms with Crippen LogP contribution in [0.4, 0.5) is 0 Å². The number of hydrogen-bond donors (Lipinski definition) is 8. The molecule has 8 N–H and O–H groups in total. The first-order valence-corrected chi connectivity index (χ1v) is 36.9. The molecule has 0 aliphatic carbocycles. The summed E-state index contributed by atoms with van der Waals surface area (Å²) in [5, 5.41) is 76.6. The first-order chi connectivity index (χ1) is 40.7. The normalized spacial score (nSPS) is 18.9. The van der Waals surface area contributed by atoms with E-state index < -0.39 is 74.2 Å². The van der Waals surface area contributed by atoms with Gasteiger partial charge in [0.15, 0.2) is 6.29 Å². The van der Waals surface area contributed by atoms with Crippen molar-refractivity contribution < 1.29 is 50.0 Å². The molecule has 496 valence electrons. The number of ether oxygens (including phenoxy) is 2. The standard InChI is InChI=1S/C72H143NO10/c1-3-5-7-9-11-13-15-17-19-21-23-25-27-29-31-32-33-34-36-38-40-42-44-46-48-50-52-54-56-58-60-65(76)71(81)73-63(62-82-72-70(80)69(79)68(78)66(61-74)83-72)67(77)64(75)59-57-55-53-51-49-47-45-43-41-39-37-35-30-28-26-24-22-20-18-16-14-12-10-8-6-4-2/h63-70,72,74-80H,3-62H2,1-2H3,(H,73,81). The zero-order valence-electron chi connectivity index (χ0n) is 55.0. The second kappa shape index (κ2) is 61.4. The Hall–Kier alpha value is -0.890. The number of aliphatic hydroxyl groups excluding tert-OH is 7. The van der Waals surface area contributed by atoms with Gasteiger partial charge in [0, 0.05) is 0 Å². The molecule has 1 heterocycles. The molecule has 0 aromatic carbocycles. The first-order valence-electron chi connectivity index (χ1n) is 36.9. The van der Waals surface area contributed by atoms with Crippen LogP contribution in [0.3, 0.4) is 0 Å². The Kier molecular flexibility index (Phi) is 59.2. The fraction of sp³-hybridized carbons (Fsp3) is 0.986. The topological polar surface area (TPSA) is 189 Å². The maximum atomic E-state index is 13.3. The summed E-state index contributed by atoms with van der Waals surface area (Å²) in [7, 11) is 0. The van der Waals surface area contributed by atoms with Gasteiger partial charge in [-0.2, -0.15) is 0 Å². The monoisotopic (exact) mass is 1180 g/mol. The number of hydrogen-bond acceptors (Lipinski definition) is 10. The summed E-state index contributed by atoms with van der Waals surface area (Å²) >= 11 is 0. The van der Waals surface area contributed by atoms with Crippen LogP contribution in [0, 0.1) is 0 Å². The predicted molar refractivity (Wildman–Crippen MR) is 349 cm³/mol. The van der Waals surface area contributed by atoms with Gasteiger partial charge >= 0.3 is 0 Å². The molecule has 1 aliphatic rings. The van der Waals surface area contributed by atoms with Crippen LogP contribution >= 0.6 is 0 Å². The van der Waals surface area contributed by atoms with Gasteiger partial charge in [-0.1, -0.05) is 373 Å². The third kappa shape index (κ3) is 48.7. The summed E-state index contributed by atoms with van der Waals surface area (Å²) in [5.74, 6) is -0.686. The van der Waals surface area contributed by atoms with E-state index in [0.717, 1.165) is 38.5 Å².